The van der Waals surface area contributed by atoms with Gasteiger partial charge >= 0.3 is 0 Å². The molecule has 0 rings (SSSR count). The highest BCUT2D eigenvalue weighted by Crippen LogP contribution is 1.86. The summed E-state index contributed by atoms with van der Waals surface area (Å²) in [6.45, 7) is 1.92. The van der Waals surface area contributed by atoms with E-state index in [1.54, 1.807) is 6.21 Å². The van der Waals surface area contributed by atoms with E-state index < -0.39 is 0 Å². The van der Waals surface area contributed by atoms with Crippen molar-refractivity contribution < 1.29 is 4.59 Å². The lowest BCUT2D eigenvalue weighted by atomic mass is 10.8. The minimum Gasteiger partial charge on any atom is -0.205 e. The second-order valence-electron chi connectivity index (χ2n) is 2.32. The quantitative estimate of drug-likeness (QED) is 0.262. The van der Waals surface area contributed by atoms with Gasteiger partial charge in [-0.15, -0.1) is 0 Å². The summed E-state index contributed by atoms with van der Waals surface area (Å²) < 4.78 is 0.663. The molecule has 0 aliphatic heterocycles. The summed E-state index contributed by atoms with van der Waals surface area (Å²) in [6, 6.07) is 0. The van der Waals surface area contributed by atoms with Crippen molar-refractivity contribution in [3.05, 3.63) is 0 Å². The van der Waals surface area contributed by atoms with Crippen LogP contribution in [0.3, 0.4) is 0 Å². The van der Waals surface area contributed by atoms with Gasteiger partial charge in [0.25, 0.3) is 0 Å². The first-order valence-corrected chi connectivity index (χ1v) is 2.38. The molecule has 0 bridgehead atoms. The van der Waals surface area contributed by atoms with Crippen molar-refractivity contribution in [1.29, 1.82) is 0 Å². The normalized spacial score (nSPS) is 13.1. The number of hydrogen-bond donors (Lipinski definition) is 0. The van der Waals surface area contributed by atoms with Gasteiger partial charge in [-0.3, -0.25) is 0 Å². The molecule has 0 radical (unpaired) electrons. The maximum Gasteiger partial charge on any atom is 0.0923 e. The summed E-state index contributed by atoms with van der Waals surface area (Å²) in [6.07, 6.45) is 1.81. The molecule has 0 fully saturated rings. The first kappa shape index (κ1) is 6.63. The van der Waals surface area contributed by atoms with Crippen molar-refractivity contribution >= 4 is 6.21 Å². The molecule has 0 unspecified atom stereocenters. The van der Waals surface area contributed by atoms with Crippen LogP contribution in [-0.2, 0) is 0 Å². The lowest BCUT2D eigenvalue weighted by Crippen LogP contribution is -2.26. The summed E-state index contributed by atoms with van der Waals surface area (Å²) in [5.74, 6) is 0. The molecular weight excluding hydrogens is 88.1 g/mol. The largest absolute Gasteiger partial charge is 0.205 e. The highest BCUT2D eigenvalue weighted by Gasteiger charge is 1.98. The molecule has 0 aromatic carbocycles. The summed E-state index contributed by atoms with van der Waals surface area (Å²) >= 11 is 0. The smallest absolute Gasteiger partial charge is 0.0923 e. The fourth-order valence-electron chi connectivity index (χ4n) is 0.346. The van der Waals surface area contributed by atoms with E-state index in [0.717, 1.165) is 0 Å². The van der Waals surface area contributed by atoms with Crippen molar-refractivity contribution in [2.75, 3.05) is 21.1 Å². The number of hydrogen-bond acceptors (Lipinski definition) is 1. The van der Waals surface area contributed by atoms with Gasteiger partial charge < -0.3 is 0 Å². The molecule has 0 aliphatic carbocycles. The van der Waals surface area contributed by atoms with E-state index in [2.05, 4.69) is 5.10 Å². The fraction of sp³-hybridized carbons (Fsp3) is 0.800. The SMILES string of the molecule is C/C=N/[N+](C)(C)C. The van der Waals surface area contributed by atoms with Crippen LogP contribution in [0.2, 0.25) is 0 Å². The molecule has 2 nitrogen and oxygen atoms in total. The molecule has 0 spiro atoms. The Balaban J connectivity index is 3.56. The zero-order valence-electron chi connectivity index (χ0n) is 5.47. The summed E-state index contributed by atoms with van der Waals surface area (Å²) in [5.41, 5.74) is 0. The van der Waals surface area contributed by atoms with Crippen LogP contribution in [-0.4, -0.2) is 31.9 Å². The average Bonchev–Trinajstić information content (AvgIpc) is 1.30. The van der Waals surface area contributed by atoms with Gasteiger partial charge in [-0.25, -0.2) is 4.59 Å². The Bertz CT molecular complexity index is 68.6. The molecule has 0 saturated heterocycles. The molecule has 2 heteroatoms. The van der Waals surface area contributed by atoms with Crippen molar-refractivity contribution in [3.8, 4) is 0 Å². The zero-order chi connectivity index (χ0) is 5.91. The van der Waals surface area contributed by atoms with E-state index in [0.29, 0.717) is 4.59 Å². The monoisotopic (exact) mass is 101 g/mol. The second kappa shape index (κ2) is 2.07. The third kappa shape index (κ3) is 5.63. The Morgan fingerprint density at radius 2 is 1.71 bits per heavy atom. The van der Waals surface area contributed by atoms with Gasteiger partial charge in [0.1, 0.15) is 0 Å². The van der Waals surface area contributed by atoms with Crippen LogP contribution in [0.25, 0.3) is 0 Å². The minimum absolute atomic E-state index is 0.663. The third-order valence-corrected chi connectivity index (χ3v) is 0.462. The lowest BCUT2D eigenvalue weighted by Gasteiger charge is -2.13. The van der Waals surface area contributed by atoms with Crippen LogP contribution >= 0.6 is 0 Å². The van der Waals surface area contributed by atoms with Crippen LogP contribution in [0.4, 0.5) is 0 Å². The molecule has 0 N–H and O–H groups in total. The van der Waals surface area contributed by atoms with Crippen molar-refractivity contribution in [1.82, 2.24) is 0 Å². The summed E-state index contributed by atoms with van der Waals surface area (Å²) in [5, 5.41) is 4.07. The van der Waals surface area contributed by atoms with Crippen LogP contribution in [0, 0.1) is 0 Å². The molecule has 0 saturated carbocycles. The van der Waals surface area contributed by atoms with E-state index >= 15 is 0 Å². The maximum atomic E-state index is 4.07. The molecule has 0 aromatic heterocycles. The number of quaternary nitrogens is 1. The van der Waals surface area contributed by atoms with Gasteiger partial charge in [-0.1, -0.05) is 5.10 Å². The van der Waals surface area contributed by atoms with E-state index in [1.807, 2.05) is 28.1 Å². The van der Waals surface area contributed by atoms with Gasteiger partial charge in [-0.05, 0) is 6.92 Å². The molecule has 42 valence electrons. The Labute approximate surface area is 45.0 Å². The minimum atomic E-state index is 0.663. The van der Waals surface area contributed by atoms with Gasteiger partial charge in [0.05, 0.1) is 27.4 Å². The van der Waals surface area contributed by atoms with Gasteiger partial charge in [0.2, 0.25) is 0 Å². The highest BCUT2D eigenvalue weighted by atomic mass is 15.6. The van der Waals surface area contributed by atoms with Crippen LogP contribution in [0.5, 0.6) is 0 Å². The van der Waals surface area contributed by atoms with E-state index in [9.17, 15) is 0 Å². The van der Waals surface area contributed by atoms with Crippen molar-refractivity contribution in [2.45, 2.75) is 6.92 Å². The van der Waals surface area contributed by atoms with E-state index in [1.165, 1.54) is 0 Å². The van der Waals surface area contributed by atoms with Gasteiger partial charge in [0.15, 0.2) is 0 Å². The van der Waals surface area contributed by atoms with E-state index in [-0.39, 0.29) is 0 Å². The van der Waals surface area contributed by atoms with Gasteiger partial charge in [-0.2, -0.15) is 0 Å². The first-order valence-electron chi connectivity index (χ1n) is 2.38. The predicted molar refractivity (Wildman–Crippen MR) is 32.2 cm³/mol. The standard InChI is InChI=1S/C5H13N2/c1-5-6-7(2,3)4/h5H,1-4H3/q+1/b6-5+. The van der Waals surface area contributed by atoms with E-state index in [4.69, 9.17) is 0 Å². The van der Waals surface area contributed by atoms with Crippen molar-refractivity contribution in [2.24, 2.45) is 5.10 Å². The van der Waals surface area contributed by atoms with Crippen LogP contribution < -0.4 is 0 Å². The lowest BCUT2D eigenvalue weighted by molar-refractivity contribution is -0.876. The predicted octanol–water partition coefficient (Wildman–Crippen LogP) is 0.698. The Morgan fingerprint density at radius 1 is 1.29 bits per heavy atom. The van der Waals surface area contributed by atoms with Crippen molar-refractivity contribution in [3.63, 3.8) is 0 Å². The average molecular weight is 101 g/mol. The second-order valence-corrected chi connectivity index (χ2v) is 2.32. The fourth-order valence-corrected chi connectivity index (χ4v) is 0.346. The Morgan fingerprint density at radius 3 is 1.71 bits per heavy atom. The molecule has 0 heterocycles. The van der Waals surface area contributed by atoms with Crippen LogP contribution in [0.1, 0.15) is 6.92 Å². The maximum absolute atomic E-state index is 4.07. The topological polar surface area (TPSA) is 12.4 Å². The third-order valence-electron chi connectivity index (χ3n) is 0.462. The van der Waals surface area contributed by atoms with Gasteiger partial charge in [0, 0.05) is 0 Å². The molecule has 7 heavy (non-hydrogen) atoms. The number of rotatable bonds is 1. The molecule has 0 amide bonds. The zero-order valence-corrected chi connectivity index (χ0v) is 5.47. The molecular formula is C5H13N2+. The summed E-state index contributed by atoms with van der Waals surface area (Å²) in [4.78, 5) is 0. The molecule has 0 aromatic rings. The highest BCUT2D eigenvalue weighted by molar-refractivity contribution is 5.52. The Hall–Kier alpha value is -0.370. The molecule has 0 atom stereocenters. The van der Waals surface area contributed by atoms with Crippen LogP contribution in [0.15, 0.2) is 5.10 Å². The summed E-state index contributed by atoms with van der Waals surface area (Å²) in [7, 11) is 6.04. The molecule has 0 aliphatic rings. The first-order chi connectivity index (χ1) is 3.06. The Kier molecular flexibility index (Phi) is 1.96. The number of nitrogens with zero attached hydrogens (tertiary/aromatic N) is 2.